The van der Waals surface area contributed by atoms with Gasteiger partial charge in [0.15, 0.2) is 5.01 Å². The van der Waals surface area contributed by atoms with Crippen molar-refractivity contribution in [1.29, 1.82) is 0 Å². The summed E-state index contributed by atoms with van der Waals surface area (Å²) in [7, 11) is 0. The Morgan fingerprint density at radius 1 is 0.941 bits per heavy atom. The Balaban J connectivity index is 1.29. The normalized spacial score (nSPS) is 10.5. The number of anilines is 1. The molecule has 34 heavy (non-hydrogen) atoms. The fraction of sp³-hybridized carbons (Fsp3) is 0.120. The van der Waals surface area contributed by atoms with Crippen LogP contribution in [0.3, 0.4) is 0 Å². The molecular formula is C25H21FN4O3S. The molecule has 0 saturated heterocycles. The largest absolute Gasteiger partial charge is 0.486 e. The van der Waals surface area contributed by atoms with Crippen molar-refractivity contribution in [2.75, 3.05) is 5.32 Å². The topological polar surface area (TPSA) is 93.2 Å². The monoisotopic (exact) mass is 476 g/mol. The second-order valence-corrected chi connectivity index (χ2v) is 8.46. The van der Waals surface area contributed by atoms with Crippen molar-refractivity contribution in [2.45, 2.75) is 20.1 Å². The molecular weight excluding hydrogens is 455 g/mol. The highest BCUT2D eigenvalue weighted by atomic mass is 32.1. The van der Waals surface area contributed by atoms with E-state index in [0.717, 1.165) is 28.2 Å². The Morgan fingerprint density at radius 3 is 2.41 bits per heavy atom. The highest BCUT2D eigenvalue weighted by Gasteiger charge is 2.14. The summed E-state index contributed by atoms with van der Waals surface area (Å²) in [6.45, 7) is 2.46. The van der Waals surface area contributed by atoms with Gasteiger partial charge in [-0.2, -0.15) is 0 Å². The Labute approximate surface area is 199 Å². The number of carbonyl (C=O) groups excluding carboxylic acids is 2. The molecule has 1 heterocycles. The molecule has 4 rings (SSSR count). The van der Waals surface area contributed by atoms with E-state index in [-0.39, 0.29) is 29.9 Å². The first kappa shape index (κ1) is 23.1. The molecule has 2 amide bonds. The van der Waals surface area contributed by atoms with E-state index >= 15 is 0 Å². The minimum absolute atomic E-state index is 0.213. The van der Waals surface area contributed by atoms with Gasteiger partial charge >= 0.3 is 0 Å². The summed E-state index contributed by atoms with van der Waals surface area (Å²) in [5.41, 5.74) is 2.76. The lowest BCUT2D eigenvalue weighted by atomic mass is 10.1. The lowest BCUT2D eigenvalue weighted by Gasteiger charge is -2.07. The smallest absolute Gasteiger partial charge is 0.286 e. The van der Waals surface area contributed by atoms with Crippen LogP contribution in [0.2, 0.25) is 0 Å². The van der Waals surface area contributed by atoms with E-state index in [2.05, 4.69) is 20.8 Å². The van der Waals surface area contributed by atoms with E-state index < -0.39 is 5.91 Å². The van der Waals surface area contributed by atoms with E-state index in [1.165, 1.54) is 12.1 Å². The van der Waals surface area contributed by atoms with Crippen LogP contribution < -0.4 is 15.4 Å². The van der Waals surface area contributed by atoms with Crippen LogP contribution in [-0.2, 0) is 13.2 Å². The second-order valence-electron chi connectivity index (χ2n) is 7.40. The molecule has 0 bridgehead atoms. The van der Waals surface area contributed by atoms with Gasteiger partial charge in [-0.3, -0.25) is 9.59 Å². The Morgan fingerprint density at radius 2 is 1.68 bits per heavy atom. The van der Waals surface area contributed by atoms with Crippen molar-refractivity contribution in [3.05, 3.63) is 105 Å². The number of carbonyl (C=O) groups is 2. The molecule has 0 radical (unpaired) electrons. The van der Waals surface area contributed by atoms with Crippen molar-refractivity contribution in [3.8, 4) is 5.75 Å². The summed E-state index contributed by atoms with van der Waals surface area (Å²) in [5, 5.41) is 14.3. The molecule has 0 aliphatic carbocycles. The SMILES string of the molecule is Cc1ccccc1OCc1nnc(C(=O)Nc2ccc(C(=O)NCc3ccc(F)cc3)cc2)s1. The van der Waals surface area contributed by atoms with Crippen molar-refractivity contribution in [3.63, 3.8) is 0 Å². The zero-order chi connectivity index (χ0) is 23.9. The van der Waals surface area contributed by atoms with Gasteiger partial charge in [0, 0.05) is 17.8 Å². The Bertz CT molecular complexity index is 1290. The number of hydrogen-bond donors (Lipinski definition) is 2. The fourth-order valence-electron chi connectivity index (χ4n) is 3.04. The molecule has 9 heteroatoms. The number of halogens is 1. The first-order chi connectivity index (χ1) is 16.5. The van der Waals surface area contributed by atoms with Crippen LogP contribution in [0, 0.1) is 12.7 Å². The van der Waals surface area contributed by atoms with E-state index in [9.17, 15) is 14.0 Å². The maximum atomic E-state index is 13.0. The molecule has 0 fully saturated rings. The van der Waals surface area contributed by atoms with Gasteiger partial charge in [-0.25, -0.2) is 4.39 Å². The summed E-state index contributed by atoms with van der Waals surface area (Å²) in [4.78, 5) is 24.8. The first-order valence-corrected chi connectivity index (χ1v) is 11.2. The maximum Gasteiger partial charge on any atom is 0.286 e. The number of nitrogens with one attached hydrogen (secondary N) is 2. The average molecular weight is 477 g/mol. The number of benzene rings is 3. The van der Waals surface area contributed by atoms with Crippen LogP contribution in [0.4, 0.5) is 10.1 Å². The maximum absolute atomic E-state index is 13.0. The van der Waals surface area contributed by atoms with Crippen molar-refractivity contribution >= 4 is 28.8 Å². The standard InChI is InChI=1S/C25H21FN4O3S/c1-16-4-2-3-5-21(16)33-15-22-29-30-25(34-22)24(32)28-20-12-8-18(9-13-20)23(31)27-14-17-6-10-19(26)11-7-17/h2-13H,14-15H2,1H3,(H,27,31)(H,28,32). The molecule has 0 spiro atoms. The number of amides is 2. The molecule has 172 valence electrons. The van der Waals surface area contributed by atoms with Gasteiger partial charge in [0.2, 0.25) is 5.01 Å². The van der Waals surface area contributed by atoms with Crippen LogP contribution in [0.25, 0.3) is 0 Å². The molecule has 0 atom stereocenters. The van der Waals surface area contributed by atoms with Crippen LogP contribution >= 0.6 is 11.3 Å². The summed E-state index contributed by atoms with van der Waals surface area (Å²) < 4.78 is 18.7. The van der Waals surface area contributed by atoms with Gasteiger partial charge in [0.1, 0.15) is 18.2 Å². The lowest BCUT2D eigenvalue weighted by Crippen LogP contribution is -2.22. The van der Waals surface area contributed by atoms with Crippen LogP contribution in [0.1, 0.15) is 36.3 Å². The highest BCUT2D eigenvalue weighted by Crippen LogP contribution is 2.20. The van der Waals surface area contributed by atoms with Gasteiger partial charge < -0.3 is 15.4 Å². The third kappa shape index (κ3) is 6.02. The molecule has 2 N–H and O–H groups in total. The Kier molecular flexibility index (Phi) is 7.24. The number of aromatic nitrogens is 2. The summed E-state index contributed by atoms with van der Waals surface area (Å²) in [6, 6.07) is 20.0. The number of para-hydroxylation sites is 1. The molecule has 7 nitrogen and oxygen atoms in total. The van der Waals surface area contributed by atoms with E-state index in [0.29, 0.717) is 16.3 Å². The Hall–Kier alpha value is -4.11. The third-order valence-corrected chi connectivity index (χ3v) is 5.77. The second kappa shape index (κ2) is 10.7. The van der Waals surface area contributed by atoms with E-state index in [4.69, 9.17) is 4.74 Å². The molecule has 0 saturated carbocycles. The van der Waals surface area contributed by atoms with E-state index in [1.807, 2.05) is 31.2 Å². The summed E-state index contributed by atoms with van der Waals surface area (Å²) in [6.07, 6.45) is 0. The summed E-state index contributed by atoms with van der Waals surface area (Å²) >= 11 is 1.15. The number of aryl methyl sites for hydroxylation is 1. The van der Waals surface area contributed by atoms with Crippen molar-refractivity contribution in [2.24, 2.45) is 0 Å². The third-order valence-electron chi connectivity index (χ3n) is 4.88. The fourth-order valence-corrected chi connectivity index (χ4v) is 3.69. The van der Waals surface area contributed by atoms with Gasteiger partial charge in [-0.15, -0.1) is 10.2 Å². The predicted octanol–water partition coefficient (Wildman–Crippen LogP) is 4.75. The summed E-state index contributed by atoms with van der Waals surface area (Å²) in [5.74, 6) is -0.240. The van der Waals surface area contributed by atoms with Gasteiger partial charge in [-0.1, -0.05) is 41.7 Å². The van der Waals surface area contributed by atoms with Crippen molar-refractivity contribution < 1.29 is 18.7 Å². The lowest BCUT2D eigenvalue weighted by molar-refractivity contribution is 0.0950. The first-order valence-electron chi connectivity index (χ1n) is 10.4. The minimum atomic E-state index is -0.395. The minimum Gasteiger partial charge on any atom is -0.486 e. The van der Waals surface area contributed by atoms with Crippen LogP contribution in [0.15, 0.2) is 72.8 Å². The quantitative estimate of drug-likeness (QED) is 0.383. The van der Waals surface area contributed by atoms with Gasteiger partial charge in [0.25, 0.3) is 11.8 Å². The number of rotatable bonds is 8. The van der Waals surface area contributed by atoms with Crippen LogP contribution in [-0.4, -0.2) is 22.0 Å². The zero-order valence-electron chi connectivity index (χ0n) is 18.2. The van der Waals surface area contributed by atoms with Crippen LogP contribution in [0.5, 0.6) is 5.75 Å². The molecule has 3 aromatic carbocycles. The average Bonchev–Trinajstić information content (AvgIpc) is 3.33. The van der Waals surface area contributed by atoms with Gasteiger partial charge in [-0.05, 0) is 60.5 Å². The highest BCUT2D eigenvalue weighted by molar-refractivity contribution is 7.13. The zero-order valence-corrected chi connectivity index (χ0v) is 19.1. The number of nitrogens with zero attached hydrogens (tertiary/aromatic N) is 2. The molecule has 0 aliphatic heterocycles. The van der Waals surface area contributed by atoms with Crippen molar-refractivity contribution in [1.82, 2.24) is 15.5 Å². The molecule has 1 aromatic heterocycles. The predicted molar refractivity (Wildman–Crippen MR) is 127 cm³/mol. The molecule has 0 unspecified atom stereocenters. The molecule has 0 aliphatic rings. The number of ether oxygens (including phenoxy) is 1. The number of hydrogen-bond acceptors (Lipinski definition) is 6. The van der Waals surface area contributed by atoms with E-state index in [1.54, 1.807) is 36.4 Å². The van der Waals surface area contributed by atoms with Gasteiger partial charge in [0.05, 0.1) is 0 Å². The molecule has 4 aromatic rings.